The molecule has 3 heteroatoms. The van der Waals surface area contributed by atoms with Gasteiger partial charge in [0.25, 0.3) is 0 Å². The lowest BCUT2D eigenvalue weighted by molar-refractivity contribution is 0.0194. The molecule has 3 atom stereocenters. The van der Waals surface area contributed by atoms with E-state index in [1.165, 1.54) is 0 Å². The molecule has 1 aromatic rings. The van der Waals surface area contributed by atoms with E-state index in [9.17, 15) is 5.11 Å². The van der Waals surface area contributed by atoms with Crippen LogP contribution in [0, 0.1) is 17.3 Å². The summed E-state index contributed by atoms with van der Waals surface area (Å²) in [5, 5.41) is 10.3. The molecule has 1 heterocycles. The topological polar surface area (TPSA) is 42.4 Å². The van der Waals surface area contributed by atoms with Crippen LogP contribution in [0.25, 0.3) is 0 Å². The van der Waals surface area contributed by atoms with E-state index in [2.05, 4.69) is 31.8 Å². The zero-order valence-corrected chi connectivity index (χ0v) is 13.1. The first kappa shape index (κ1) is 15.3. The highest BCUT2D eigenvalue weighted by atomic mass is 16.5. The third-order valence-electron chi connectivity index (χ3n) is 4.69. The molecule has 3 unspecified atom stereocenters. The quantitative estimate of drug-likeness (QED) is 0.920. The Bertz CT molecular complexity index is 439. The van der Waals surface area contributed by atoms with Crippen LogP contribution in [0.15, 0.2) is 18.3 Å². The molecular weight excluding hydrogens is 250 g/mol. The molecule has 1 saturated carbocycles. The molecule has 2 rings (SSSR count). The van der Waals surface area contributed by atoms with Crippen LogP contribution in [0.1, 0.15) is 45.6 Å². The van der Waals surface area contributed by atoms with E-state index >= 15 is 0 Å². The third-order valence-corrected chi connectivity index (χ3v) is 4.69. The van der Waals surface area contributed by atoms with Gasteiger partial charge in [0, 0.05) is 11.8 Å². The van der Waals surface area contributed by atoms with E-state index in [1.807, 2.05) is 6.07 Å². The van der Waals surface area contributed by atoms with E-state index in [0.717, 1.165) is 31.2 Å². The average Bonchev–Trinajstić information content (AvgIpc) is 2.40. The van der Waals surface area contributed by atoms with Gasteiger partial charge in [0.05, 0.1) is 13.2 Å². The van der Waals surface area contributed by atoms with E-state index in [-0.39, 0.29) is 6.10 Å². The molecule has 0 radical (unpaired) electrons. The highest BCUT2D eigenvalue weighted by molar-refractivity contribution is 5.26. The Morgan fingerprint density at radius 1 is 1.35 bits per heavy atom. The predicted octanol–water partition coefficient (Wildman–Crippen LogP) is 3.46. The van der Waals surface area contributed by atoms with Gasteiger partial charge in [-0.15, -0.1) is 0 Å². The first-order chi connectivity index (χ1) is 9.41. The first-order valence-electron chi connectivity index (χ1n) is 7.57. The summed E-state index contributed by atoms with van der Waals surface area (Å²) >= 11 is 0. The number of rotatable bonds is 3. The van der Waals surface area contributed by atoms with E-state index in [1.54, 1.807) is 13.3 Å². The second kappa shape index (κ2) is 6.13. The normalized spacial score (nSPS) is 27.4. The lowest BCUT2D eigenvalue weighted by Gasteiger charge is -2.40. The van der Waals surface area contributed by atoms with Crippen LogP contribution in [0.2, 0.25) is 0 Å². The molecule has 1 aliphatic carbocycles. The third kappa shape index (κ3) is 3.51. The summed E-state index contributed by atoms with van der Waals surface area (Å²) in [4.78, 5) is 4.25. The zero-order chi connectivity index (χ0) is 14.8. The van der Waals surface area contributed by atoms with Gasteiger partial charge in [-0.2, -0.15) is 0 Å². The summed E-state index contributed by atoms with van der Waals surface area (Å²) in [6, 6.07) is 3.99. The van der Waals surface area contributed by atoms with Gasteiger partial charge >= 0.3 is 0 Å². The second-order valence-corrected chi connectivity index (χ2v) is 7.08. The molecule has 1 N–H and O–H groups in total. The Labute approximate surface area is 122 Å². The highest BCUT2D eigenvalue weighted by Gasteiger charge is 2.35. The van der Waals surface area contributed by atoms with Crippen LogP contribution < -0.4 is 4.74 Å². The molecule has 0 aliphatic heterocycles. The molecule has 0 saturated heterocycles. The van der Waals surface area contributed by atoms with Crippen molar-refractivity contribution >= 4 is 0 Å². The molecule has 112 valence electrons. The number of aliphatic hydroxyl groups is 1. The van der Waals surface area contributed by atoms with Crippen LogP contribution in [0.4, 0.5) is 0 Å². The summed E-state index contributed by atoms with van der Waals surface area (Å²) < 4.78 is 5.32. The monoisotopic (exact) mass is 277 g/mol. The van der Waals surface area contributed by atoms with Gasteiger partial charge in [0.2, 0.25) is 5.88 Å². The van der Waals surface area contributed by atoms with Crippen molar-refractivity contribution in [2.75, 3.05) is 7.11 Å². The van der Waals surface area contributed by atoms with Crippen molar-refractivity contribution in [2.24, 2.45) is 17.3 Å². The van der Waals surface area contributed by atoms with Gasteiger partial charge in [-0.05, 0) is 49.0 Å². The number of methoxy groups -OCH3 is 1. The molecule has 0 aromatic carbocycles. The molecule has 3 nitrogen and oxygen atoms in total. The van der Waals surface area contributed by atoms with Gasteiger partial charge in [-0.1, -0.05) is 26.8 Å². The summed E-state index contributed by atoms with van der Waals surface area (Å²) in [6.45, 7) is 6.91. The maximum absolute atomic E-state index is 10.3. The van der Waals surface area contributed by atoms with E-state index in [0.29, 0.717) is 23.1 Å². The standard InChI is InChI=1S/C17H27NO2/c1-17(2,3)14-7-8-15(19)13(11-14)10-12-6-5-9-18-16(12)20-4/h5-6,9,13-15,19H,7-8,10-11H2,1-4H3. The number of aromatic nitrogens is 1. The minimum atomic E-state index is -0.196. The van der Waals surface area contributed by atoms with Crippen molar-refractivity contribution in [1.82, 2.24) is 4.98 Å². The molecule has 0 amide bonds. The molecule has 1 fully saturated rings. The Balaban J connectivity index is 2.10. The fraction of sp³-hybridized carbons (Fsp3) is 0.706. The van der Waals surface area contributed by atoms with Crippen LogP contribution >= 0.6 is 0 Å². The van der Waals surface area contributed by atoms with Gasteiger partial charge < -0.3 is 9.84 Å². The van der Waals surface area contributed by atoms with Crippen molar-refractivity contribution in [3.63, 3.8) is 0 Å². The van der Waals surface area contributed by atoms with Crippen molar-refractivity contribution in [3.8, 4) is 5.88 Å². The van der Waals surface area contributed by atoms with Crippen molar-refractivity contribution < 1.29 is 9.84 Å². The highest BCUT2D eigenvalue weighted by Crippen LogP contribution is 2.41. The van der Waals surface area contributed by atoms with Gasteiger partial charge in [-0.3, -0.25) is 0 Å². The summed E-state index contributed by atoms with van der Waals surface area (Å²) in [5.74, 6) is 1.68. The van der Waals surface area contributed by atoms with E-state index < -0.39 is 0 Å². The molecule has 1 aromatic heterocycles. The van der Waals surface area contributed by atoms with Crippen LogP contribution in [-0.2, 0) is 6.42 Å². The SMILES string of the molecule is COc1ncccc1CC1CC(C(C)(C)C)CCC1O. The summed E-state index contributed by atoms with van der Waals surface area (Å²) in [5.41, 5.74) is 1.42. The Hall–Kier alpha value is -1.09. The number of hydrogen-bond acceptors (Lipinski definition) is 3. The fourth-order valence-corrected chi connectivity index (χ4v) is 3.30. The maximum atomic E-state index is 10.3. The molecule has 0 spiro atoms. The zero-order valence-electron chi connectivity index (χ0n) is 13.1. The Kier molecular flexibility index (Phi) is 4.69. The smallest absolute Gasteiger partial charge is 0.216 e. The maximum Gasteiger partial charge on any atom is 0.216 e. The molecular formula is C17H27NO2. The number of ether oxygens (including phenoxy) is 1. The van der Waals surface area contributed by atoms with Gasteiger partial charge in [0.1, 0.15) is 0 Å². The number of nitrogens with zero attached hydrogens (tertiary/aromatic N) is 1. The molecule has 20 heavy (non-hydrogen) atoms. The molecule has 1 aliphatic rings. The number of aliphatic hydroxyl groups excluding tert-OH is 1. The van der Waals surface area contributed by atoms with Gasteiger partial charge in [0.15, 0.2) is 0 Å². The van der Waals surface area contributed by atoms with E-state index in [4.69, 9.17) is 4.74 Å². The van der Waals surface area contributed by atoms with Crippen LogP contribution in [0.5, 0.6) is 5.88 Å². The largest absolute Gasteiger partial charge is 0.481 e. The lowest BCUT2D eigenvalue weighted by atomic mass is 9.67. The average molecular weight is 277 g/mol. The van der Waals surface area contributed by atoms with Crippen LogP contribution in [-0.4, -0.2) is 23.3 Å². The predicted molar refractivity (Wildman–Crippen MR) is 80.8 cm³/mol. The van der Waals surface area contributed by atoms with Gasteiger partial charge in [-0.25, -0.2) is 4.98 Å². The number of hydrogen-bond donors (Lipinski definition) is 1. The summed E-state index contributed by atoms with van der Waals surface area (Å²) in [7, 11) is 1.65. The lowest BCUT2D eigenvalue weighted by Crippen LogP contribution is -2.35. The van der Waals surface area contributed by atoms with Crippen molar-refractivity contribution in [1.29, 1.82) is 0 Å². The Morgan fingerprint density at radius 2 is 2.10 bits per heavy atom. The number of pyridine rings is 1. The minimum Gasteiger partial charge on any atom is -0.481 e. The Morgan fingerprint density at radius 3 is 2.75 bits per heavy atom. The van der Waals surface area contributed by atoms with Crippen molar-refractivity contribution in [2.45, 2.75) is 52.6 Å². The minimum absolute atomic E-state index is 0.196. The van der Waals surface area contributed by atoms with Crippen LogP contribution in [0.3, 0.4) is 0 Å². The summed E-state index contributed by atoms with van der Waals surface area (Å²) in [6.07, 6.45) is 5.53. The fourth-order valence-electron chi connectivity index (χ4n) is 3.30. The second-order valence-electron chi connectivity index (χ2n) is 7.08. The van der Waals surface area contributed by atoms with Crippen molar-refractivity contribution in [3.05, 3.63) is 23.9 Å². The first-order valence-corrected chi connectivity index (χ1v) is 7.57. The molecule has 0 bridgehead atoms.